The second-order valence-electron chi connectivity index (χ2n) is 9.44. The zero-order valence-electron chi connectivity index (χ0n) is 20.3. The van der Waals surface area contributed by atoms with Crippen LogP contribution >= 0.6 is 0 Å². The number of nitrogens with one attached hydrogen (secondary N) is 2. The molecule has 0 atom stereocenters. The predicted molar refractivity (Wildman–Crippen MR) is 143 cm³/mol. The van der Waals surface area contributed by atoms with Crippen LogP contribution in [0, 0.1) is 6.07 Å². The summed E-state index contributed by atoms with van der Waals surface area (Å²) in [4.78, 5) is 16.0. The van der Waals surface area contributed by atoms with E-state index in [9.17, 15) is 0 Å². The Morgan fingerprint density at radius 2 is 0.971 bits per heavy atom. The number of benzene rings is 1. The molecule has 8 bridgehead atoms. The van der Waals surface area contributed by atoms with Gasteiger partial charge in [0.25, 0.3) is 0 Å². The quantitative estimate of drug-likeness (QED) is 0.165. The van der Waals surface area contributed by atoms with Gasteiger partial charge in [0.05, 0.1) is 22.8 Å². The number of fused-ring (bicyclic) bond motifs is 8. The summed E-state index contributed by atoms with van der Waals surface area (Å²) in [6.07, 6.45) is 8.05. The minimum absolute atomic E-state index is 0. The average Bonchev–Trinajstić information content (AvgIpc) is 3.60. The summed E-state index contributed by atoms with van der Waals surface area (Å²) in [5, 5.41) is 0. The van der Waals surface area contributed by atoms with Gasteiger partial charge in [0.1, 0.15) is 0 Å². The average molecular weight is 509 g/mol. The zero-order valence-corrected chi connectivity index (χ0v) is 23.3. The molecule has 170 valence electrons. The maximum atomic E-state index is 4.62. The number of nitrogens with zero attached hydrogens (tertiary/aromatic N) is 2. The first-order valence-corrected chi connectivity index (χ1v) is 11.4. The molecular formula is C30H27N4Zn-. The van der Waals surface area contributed by atoms with Gasteiger partial charge in [-0.1, -0.05) is 20.8 Å². The van der Waals surface area contributed by atoms with E-state index in [4.69, 9.17) is 0 Å². The van der Waals surface area contributed by atoms with Gasteiger partial charge in [-0.3, -0.25) is 0 Å². The Labute approximate surface area is 218 Å². The first kappa shape index (κ1) is 24.6. The number of hydrogen-bond donors (Lipinski definition) is 2. The minimum atomic E-state index is 0. The Bertz CT molecular complexity index is 1440. The van der Waals surface area contributed by atoms with E-state index in [0.717, 1.165) is 44.8 Å². The van der Waals surface area contributed by atoms with Gasteiger partial charge in [0, 0.05) is 41.5 Å². The van der Waals surface area contributed by atoms with E-state index >= 15 is 0 Å². The van der Waals surface area contributed by atoms with Gasteiger partial charge in [-0.05, 0) is 78.3 Å². The van der Waals surface area contributed by atoms with Crippen molar-refractivity contribution in [3.8, 4) is 0 Å². The molecule has 6 rings (SSSR count). The topological polar surface area (TPSA) is 57.4 Å². The van der Waals surface area contributed by atoms with Gasteiger partial charge < -0.3 is 9.97 Å². The third-order valence-corrected chi connectivity index (χ3v) is 5.63. The Balaban J connectivity index is 0.000000224. The summed E-state index contributed by atoms with van der Waals surface area (Å²) in [5.74, 6) is 0. The van der Waals surface area contributed by atoms with Gasteiger partial charge >= 0.3 is 0 Å². The molecule has 1 aromatic carbocycles. The third kappa shape index (κ3) is 6.32. The fourth-order valence-corrected chi connectivity index (χ4v) is 3.83. The third-order valence-electron chi connectivity index (χ3n) is 5.63. The molecule has 0 saturated carbocycles. The van der Waals surface area contributed by atoms with Crippen molar-refractivity contribution in [3.05, 3.63) is 107 Å². The van der Waals surface area contributed by atoms with Crippen LogP contribution in [0.1, 0.15) is 49.1 Å². The molecule has 3 aromatic heterocycles. The summed E-state index contributed by atoms with van der Waals surface area (Å²) in [5.41, 5.74) is 9.50. The van der Waals surface area contributed by atoms with Crippen molar-refractivity contribution < 1.29 is 19.5 Å². The minimum Gasteiger partial charge on any atom is -0.355 e. The van der Waals surface area contributed by atoms with Crippen LogP contribution in [-0.4, -0.2) is 19.9 Å². The Morgan fingerprint density at radius 1 is 0.571 bits per heavy atom. The number of aromatic nitrogens is 4. The van der Waals surface area contributed by atoms with Crippen LogP contribution < -0.4 is 0 Å². The molecule has 0 spiro atoms. The molecule has 35 heavy (non-hydrogen) atoms. The van der Waals surface area contributed by atoms with Gasteiger partial charge in [-0.25, -0.2) is 9.97 Å². The SMILES string of the molecule is C1=Cc2cc3ccc(cc4ccc(cc5nc(cc1n2)C=C5)[nH]4)[nH]3.CC(C)(C)c1cc[c-]cc1.[Zn]. The number of H-pyrrole nitrogens is 2. The normalized spacial score (nSPS) is 12.0. The van der Waals surface area contributed by atoms with Crippen LogP contribution in [0.5, 0.6) is 0 Å². The van der Waals surface area contributed by atoms with Crippen LogP contribution in [-0.2, 0) is 24.9 Å². The fraction of sp³-hybridized carbons (Fsp3) is 0.133. The van der Waals surface area contributed by atoms with Crippen molar-refractivity contribution >= 4 is 46.4 Å². The summed E-state index contributed by atoms with van der Waals surface area (Å²) < 4.78 is 0. The van der Waals surface area contributed by atoms with Crippen LogP contribution in [0.15, 0.2) is 72.8 Å². The molecule has 0 saturated heterocycles. The van der Waals surface area contributed by atoms with Crippen molar-refractivity contribution in [2.24, 2.45) is 0 Å². The van der Waals surface area contributed by atoms with Crippen LogP contribution in [0.4, 0.5) is 0 Å². The molecular weight excluding hydrogens is 482 g/mol. The smallest absolute Gasteiger partial charge is 0.0659 e. The zero-order chi connectivity index (χ0) is 23.5. The van der Waals surface area contributed by atoms with E-state index in [0.29, 0.717) is 0 Å². The van der Waals surface area contributed by atoms with E-state index in [1.54, 1.807) is 0 Å². The monoisotopic (exact) mass is 507 g/mol. The summed E-state index contributed by atoms with van der Waals surface area (Å²) >= 11 is 0. The standard InChI is InChI=1S/C20H14N4.C10H13.Zn/c1-2-14-10-16-5-6-18(23-16)12-20-8-7-19(24-20)11-17-4-3-15(22-17)9-13(1)21-14;1-10(2,3)9-7-5-4-6-8-9;/h1-12,21-22H;5-8H,1-3H3;/q;-1;. The van der Waals surface area contributed by atoms with Gasteiger partial charge in [0.15, 0.2) is 0 Å². The van der Waals surface area contributed by atoms with Crippen molar-refractivity contribution in [2.45, 2.75) is 26.2 Å². The summed E-state index contributed by atoms with van der Waals surface area (Å²) in [6, 6.07) is 27.5. The number of aromatic amines is 2. The van der Waals surface area contributed by atoms with Crippen molar-refractivity contribution in [1.82, 2.24) is 19.9 Å². The Kier molecular flexibility index (Phi) is 7.28. The van der Waals surface area contributed by atoms with Crippen LogP contribution in [0.25, 0.3) is 46.4 Å². The molecule has 2 aliphatic heterocycles. The predicted octanol–water partition coefficient (Wildman–Crippen LogP) is 7.44. The van der Waals surface area contributed by atoms with E-state index in [-0.39, 0.29) is 24.9 Å². The van der Waals surface area contributed by atoms with Gasteiger partial charge in [-0.2, -0.15) is 35.9 Å². The maximum Gasteiger partial charge on any atom is 0.0659 e. The molecule has 0 radical (unpaired) electrons. The second-order valence-corrected chi connectivity index (χ2v) is 9.44. The molecule has 4 nitrogen and oxygen atoms in total. The van der Waals surface area contributed by atoms with E-state index in [1.807, 2.05) is 54.6 Å². The molecule has 5 heteroatoms. The van der Waals surface area contributed by atoms with Crippen molar-refractivity contribution in [3.63, 3.8) is 0 Å². The molecule has 0 aliphatic carbocycles. The molecule has 4 aromatic rings. The maximum absolute atomic E-state index is 4.62. The fourth-order valence-electron chi connectivity index (χ4n) is 3.83. The first-order chi connectivity index (χ1) is 16.4. The molecule has 2 N–H and O–H groups in total. The summed E-state index contributed by atoms with van der Waals surface area (Å²) in [7, 11) is 0. The Morgan fingerprint density at radius 3 is 1.37 bits per heavy atom. The molecule has 5 heterocycles. The van der Waals surface area contributed by atoms with E-state index in [1.165, 1.54) is 5.56 Å². The van der Waals surface area contributed by atoms with Gasteiger partial charge in [0.2, 0.25) is 0 Å². The van der Waals surface area contributed by atoms with E-state index in [2.05, 4.69) is 89.2 Å². The number of rotatable bonds is 0. The van der Waals surface area contributed by atoms with Crippen molar-refractivity contribution in [1.29, 1.82) is 0 Å². The molecule has 2 aliphatic rings. The van der Waals surface area contributed by atoms with E-state index < -0.39 is 0 Å². The summed E-state index contributed by atoms with van der Waals surface area (Å²) in [6.45, 7) is 6.63. The van der Waals surface area contributed by atoms with Gasteiger partial charge in [-0.15, -0.1) is 0 Å². The molecule has 0 unspecified atom stereocenters. The van der Waals surface area contributed by atoms with Crippen LogP contribution in [0.2, 0.25) is 0 Å². The molecule has 0 amide bonds. The number of hydrogen-bond acceptors (Lipinski definition) is 2. The largest absolute Gasteiger partial charge is 0.355 e. The Hall–Kier alpha value is -3.56. The first-order valence-electron chi connectivity index (χ1n) is 11.4. The van der Waals surface area contributed by atoms with Crippen LogP contribution in [0.3, 0.4) is 0 Å². The van der Waals surface area contributed by atoms with Crippen molar-refractivity contribution in [2.75, 3.05) is 0 Å². The molecule has 0 fully saturated rings. The second kappa shape index (κ2) is 10.4.